The third kappa shape index (κ3) is 2.25. The van der Waals surface area contributed by atoms with Crippen LogP contribution in [0.4, 0.5) is 0 Å². The van der Waals surface area contributed by atoms with Gasteiger partial charge >= 0.3 is 0 Å². The fourth-order valence-electron chi connectivity index (χ4n) is 2.82. The van der Waals surface area contributed by atoms with Gasteiger partial charge in [-0.25, -0.2) is 0 Å². The van der Waals surface area contributed by atoms with Crippen LogP contribution in [0.2, 0.25) is 0 Å². The molecule has 1 saturated heterocycles. The zero-order chi connectivity index (χ0) is 14.2. The Labute approximate surface area is 122 Å². The molecule has 1 aromatic carbocycles. The van der Waals surface area contributed by atoms with Gasteiger partial charge < -0.3 is 19.3 Å². The maximum absolute atomic E-state index is 5.90. The van der Waals surface area contributed by atoms with Crippen molar-refractivity contribution in [3.05, 3.63) is 36.0 Å². The number of hydrogen-bond donors (Lipinski definition) is 1. The van der Waals surface area contributed by atoms with Gasteiger partial charge in [0.1, 0.15) is 6.61 Å². The molecule has 4 rings (SSSR count). The Morgan fingerprint density at radius 2 is 2.05 bits per heavy atom. The van der Waals surface area contributed by atoms with E-state index in [2.05, 4.69) is 22.4 Å². The molecule has 0 amide bonds. The monoisotopic (exact) mass is 287 g/mol. The summed E-state index contributed by atoms with van der Waals surface area (Å²) >= 11 is 0. The summed E-state index contributed by atoms with van der Waals surface area (Å²) in [5.74, 6) is 3.50. The van der Waals surface area contributed by atoms with E-state index in [1.165, 1.54) is 0 Å². The van der Waals surface area contributed by atoms with Crippen molar-refractivity contribution in [3.63, 3.8) is 0 Å². The molecule has 2 aromatic rings. The van der Waals surface area contributed by atoms with Crippen molar-refractivity contribution in [3.8, 4) is 11.5 Å². The van der Waals surface area contributed by atoms with E-state index in [9.17, 15) is 0 Å². The lowest BCUT2D eigenvalue weighted by molar-refractivity contribution is 0.0832. The van der Waals surface area contributed by atoms with Crippen molar-refractivity contribution in [2.24, 2.45) is 5.92 Å². The van der Waals surface area contributed by atoms with Crippen molar-refractivity contribution in [2.45, 2.75) is 18.9 Å². The second-order valence-corrected chi connectivity index (χ2v) is 5.60. The highest BCUT2D eigenvalue weighted by molar-refractivity contribution is 5.40. The number of para-hydroxylation sites is 2. The van der Waals surface area contributed by atoms with Crippen molar-refractivity contribution < 1.29 is 14.0 Å². The Bertz CT molecular complexity index is 643. The molecule has 2 aliphatic heterocycles. The summed E-state index contributed by atoms with van der Waals surface area (Å²) in [6.45, 7) is 4.45. The van der Waals surface area contributed by atoms with Crippen LogP contribution < -0.4 is 14.8 Å². The Kier molecular flexibility index (Phi) is 3.03. The summed E-state index contributed by atoms with van der Waals surface area (Å²) in [4.78, 5) is 4.52. The van der Waals surface area contributed by atoms with E-state index in [1.54, 1.807) is 0 Å². The third-order valence-corrected chi connectivity index (χ3v) is 4.09. The van der Waals surface area contributed by atoms with Crippen LogP contribution in [0.3, 0.4) is 0 Å². The van der Waals surface area contributed by atoms with E-state index in [0.29, 0.717) is 24.2 Å². The zero-order valence-corrected chi connectivity index (χ0v) is 11.8. The van der Waals surface area contributed by atoms with E-state index in [4.69, 9.17) is 14.0 Å². The quantitative estimate of drug-likeness (QED) is 0.910. The van der Waals surface area contributed by atoms with Crippen LogP contribution in [-0.4, -0.2) is 29.8 Å². The molecule has 3 heterocycles. The molecule has 1 N–H and O–H groups in total. The predicted octanol–water partition coefficient (Wildman–Crippen LogP) is 1.90. The number of aromatic nitrogens is 2. The average molecular weight is 287 g/mol. The fraction of sp³-hybridized carbons (Fsp3) is 0.467. The molecule has 1 aromatic heterocycles. The minimum Gasteiger partial charge on any atom is -0.485 e. The molecule has 0 bridgehead atoms. The number of ether oxygens (including phenoxy) is 2. The highest BCUT2D eigenvalue weighted by atomic mass is 16.6. The van der Waals surface area contributed by atoms with Gasteiger partial charge in [-0.3, -0.25) is 0 Å². The number of benzene rings is 1. The topological polar surface area (TPSA) is 69.4 Å². The zero-order valence-electron chi connectivity index (χ0n) is 11.8. The maximum atomic E-state index is 5.90. The molecule has 0 radical (unpaired) electrons. The van der Waals surface area contributed by atoms with Gasteiger partial charge in [0, 0.05) is 6.54 Å². The first-order valence-corrected chi connectivity index (χ1v) is 7.24. The summed E-state index contributed by atoms with van der Waals surface area (Å²) < 4.78 is 17.0. The van der Waals surface area contributed by atoms with Crippen LogP contribution in [0.15, 0.2) is 28.8 Å². The molecule has 3 unspecified atom stereocenters. The molecule has 0 aliphatic carbocycles. The average Bonchev–Trinajstić information content (AvgIpc) is 3.15. The molecule has 21 heavy (non-hydrogen) atoms. The number of hydrogen-bond acceptors (Lipinski definition) is 6. The van der Waals surface area contributed by atoms with Gasteiger partial charge in [0.05, 0.1) is 5.92 Å². The van der Waals surface area contributed by atoms with Crippen molar-refractivity contribution in [1.82, 2.24) is 15.5 Å². The van der Waals surface area contributed by atoms with Gasteiger partial charge in [-0.15, -0.1) is 0 Å². The van der Waals surface area contributed by atoms with Crippen LogP contribution in [0.25, 0.3) is 0 Å². The van der Waals surface area contributed by atoms with Crippen molar-refractivity contribution >= 4 is 0 Å². The van der Waals surface area contributed by atoms with Crippen LogP contribution in [0, 0.1) is 5.92 Å². The largest absolute Gasteiger partial charge is 0.485 e. The molecular formula is C15H17N3O3. The standard InChI is InChI=1S/C15H17N3O3/c1-9-6-16-7-10(9)15-17-14(18-21-15)13-8-19-11-4-2-3-5-12(11)20-13/h2-5,9-10,13,16H,6-8H2,1H3. The number of rotatable bonds is 2. The highest BCUT2D eigenvalue weighted by Gasteiger charge is 2.32. The number of nitrogens with zero attached hydrogens (tertiary/aromatic N) is 2. The summed E-state index contributed by atoms with van der Waals surface area (Å²) in [6, 6.07) is 7.60. The van der Waals surface area contributed by atoms with Gasteiger partial charge in [-0.2, -0.15) is 4.98 Å². The first-order valence-electron chi connectivity index (χ1n) is 7.24. The van der Waals surface area contributed by atoms with Crippen molar-refractivity contribution in [1.29, 1.82) is 0 Å². The van der Waals surface area contributed by atoms with Crippen LogP contribution in [-0.2, 0) is 0 Å². The third-order valence-electron chi connectivity index (χ3n) is 4.09. The molecule has 0 saturated carbocycles. The molecular weight excluding hydrogens is 270 g/mol. The van der Waals surface area contributed by atoms with E-state index in [0.717, 1.165) is 24.6 Å². The molecule has 110 valence electrons. The predicted molar refractivity (Wildman–Crippen MR) is 74.4 cm³/mol. The minimum atomic E-state index is -0.318. The summed E-state index contributed by atoms with van der Waals surface area (Å²) in [7, 11) is 0. The molecule has 6 nitrogen and oxygen atoms in total. The fourth-order valence-corrected chi connectivity index (χ4v) is 2.82. The lowest BCUT2D eigenvalue weighted by atomic mass is 9.98. The molecule has 3 atom stereocenters. The van der Waals surface area contributed by atoms with E-state index >= 15 is 0 Å². The van der Waals surface area contributed by atoms with E-state index < -0.39 is 0 Å². The minimum absolute atomic E-state index is 0.281. The van der Waals surface area contributed by atoms with Crippen LogP contribution in [0.5, 0.6) is 11.5 Å². The van der Waals surface area contributed by atoms with Gasteiger partial charge in [-0.1, -0.05) is 24.2 Å². The molecule has 1 fully saturated rings. The first kappa shape index (κ1) is 12.6. The Balaban J connectivity index is 1.54. The first-order chi connectivity index (χ1) is 10.3. The lowest BCUT2D eigenvalue weighted by Crippen LogP contribution is -2.22. The Morgan fingerprint density at radius 1 is 1.19 bits per heavy atom. The number of nitrogens with one attached hydrogen (secondary N) is 1. The van der Waals surface area contributed by atoms with Gasteiger partial charge in [0.25, 0.3) is 0 Å². The SMILES string of the molecule is CC1CNCC1c1nc(C2COc3ccccc3O2)no1. The number of fused-ring (bicyclic) bond motifs is 1. The lowest BCUT2D eigenvalue weighted by Gasteiger charge is -2.24. The van der Waals surface area contributed by atoms with Crippen molar-refractivity contribution in [2.75, 3.05) is 19.7 Å². The molecule has 6 heteroatoms. The molecule has 2 aliphatic rings. The summed E-state index contributed by atoms with van der Waals surface area (Å²) in [5.41, 5.74) is 0. The second-order valence-electron chi connectivity index (χ2n) is 5.60. The molecule has 0 spiro atoms. The summed E-state index contributed by atoms with van der Waals surface area (Å²) in [5, 5.41) is 7.41. The second kappa shape index (κ2) is 5.04. The van der Waals surface area contributed by atoms with Crippen LogP contribution in [0.1, 0.15) is 30.7 Å². The smallest absolute Gasteiger partial charge is 0.231 e. The maximum Gasteiger partial charge on any atom is 0.231 e. The van der Waals surface area contributed by atoms with E-state index in [-0.39, 0.29) is 12.0 Å². The summed E-state index contributed by atoms with van der Waals surface area (Å²) in [6.07, 6.45) is -0.318. The van der Waals surface area contributed by atoms with Gasteiger partial charge in [0.15, 0.2) is 17.6 Å². The Morgan fingerprint density at radius 3 is 2.86 bits per heavy atom. The normalized spacial score (nSPS) is 27.8. The van der Waals surface area contributed by atoms with Gasteiger partial charge in [0.2, 0.25) is 11.7 Å². The Hall–Kier alpha value is -2.08. The van der Waals surface area contributed by atoms with Gasteiger partial charge in [-0.05, 0) is 24.6 Å². The highest BCUT2D eigenvalue weighted by Crippen LogP contribution is 2.35. The van der Waals surface area contributed by atoms with E-state index in [1.807, 2.05) is 24.3 Å². The van der Waals surface area contributed by atoms with Crippen LogP contribution >= 0.6 is 0 Å².